The Hall–Kier alpha value is -0.0600. The van der Waals surface area contributed by atoms with Gasteiger partial charge in [0.25, 0.3) is 0 Å². The molecule has 1 aromatic carbocycles. The van der Waals surface area contributed by atoms with Gasteiger partial charge in [-0.1, -0.05) is 22.9 Å². The maximum Gasteiger partial charge on any atom is 0.0487 e. The van der Waals surface area contributed by atoms with Crippen molar-refractivity contribution in [2.24, 2.45) is 5.92 Å². The van der Waals surface area contributed by atoms with Gasteiger partial charge >= 0.3 is 0 Å². The van der Waals surface area contributed by atoms with Gasteiger partial charge in [-0.2, -0.15) is 0 Å². The van der Waals surface area contributed by atoms with Crippen molar-refractivity contribution in [1.82, 2.24) is 4.90 Å². The zero-order valence-electron chi connectivity index (χ0n) is 12.3. The van der Waals surface area contributed by atoms with Gasteiger partial charge in [0, 0.05) is 20.7 Å². The molecule has 1 heterocycles. The van der Waals surface area contributed by atoms with Crippen molar-refractivity contribution in [2.45, 2.75) is 39.2 Å². The maximum absolute atomic E-state index is 3.67. The molecule has 0 aliphatic carbocycles. The van der Waals surface area contributed by atoms with Gasteiger partial charge in [-0.05, 0) is 85.9 Å². The van der Waals surface area contributed by atoms with Crippen molar-refractivity contribution >= 4 is 37.5 Å². The molecule has 1 unspecified atom stereocenters. The second-order valence-corrected chi connectivity index (χ2v) is 7.51. The van der Waals surface area contributed by atoms with Crippen LogP contribution < -0.4 is 5.32 Å². The normalized spacial score (nSPS) is 19.0. The van der Waals surface area contributed by atoms with E-state index in [9.17, 15) is 0 Å². The quantitative estimate of drug-likeness (QED) is 0.732. The lowest BCUT2D eigenvalue weighted by atomic mass is 9.90. The molecule has 20 heavy (non-hydrogen) atoms. The number of nitrogens with zero attached hydrogens (tertiary/aromatic N) is 1. The van der Waals surface area contributed by atoms with Gasteiger partial charge in [-0.25, -0.2) is 0 Å². The third-order valence-electron chi connectivity index (χ3n) is 4.19. The van der Waals surface area contributed by atoms with E-state index >= 15 is 0 Å². The number of benzene rings is 1. The van der Waals surface area contributed by atoms with E-state index in [4.69, 9.17) is 0 Å². The Kier molecular flexibility index (Phi) is 6.37. The largest absolute Gasteiger partial charge is 0.381 e. The fourth-order valence-electron chi connectivity index (χ4n) is 2.96. The van der Waals surface area contributed by atoms with E-state index in [0.717, 1.165) is 14.9 Å². The number of nitrogens with one attached hydrogen (secondary N) is 1. The Morgan fingerprint density at radius 1 is 1.30 bits per heavy atom. The topological polar surface area (TPSA) is 15.3 Å². The highest BCUT2D eigenvalue weighted by Crippen LogP contribution is 2.29. The second kappa shape index (κ2) is 7.81. The summed E-state index contributed by atoms with van der Waals surface area (Å²) in [6.07, 6.45) is 3.88. The lowest BCUT2D eigenvalue weighted by Crippen LogP contribution is -2.39. The first-order valence-corrected chi connectivity index (χ1v) is 9.12. The number of likely N-dealkylation sites (tertiary alicyclic amines) is 1. The zero-order valence-corrected chi connectivity index (χ0v) is 15.5. The summed E-state index contributed by atoms with van der Waals surface area (Å²) in [4.78, 5) is 2.60. The highest BCUT2D eigenvalue weighted by atomic mass is 79.9. The first kappa shape index (κ1) is 16.3. The Morgan fingerprint density at radius 3 is 2.60 bits per heavy atom. The smallest absolute Gasteiger partial charge is 0.0487 e. The van der Waals surface area contributed by atoms with Gasteiger partial charge in [-0.3, -0.25) is 0 Å². The van der Waals surface area contributed by atoms with Gasteiger partial charge in [0.1, 0.15) is 0 Å². The summed E-state index contributed by atoms with van der Waals surface area (Å²) in [5, 5.41) is 3.67. The van der Waals surface area contributed by atoms with Crippen LogP contribution >= 0.6 is 31.9 Å². The number of rotatable bonds is 5. The lowest BCUT2D eigenvalue weighted by molar-refractivity contribution is 0.176. The molecular formula is C16H24Br2N2. The van der Waals surface area contributed by atoms with Gasteiger partial charge in [-0.15, -0.1) is 0 Å². The van der Waals surface area contributed by atoms with Gasteiger partial charge in [0.15, 0.2) is 0 Å². The molecule has 112 valence electrons. The molecule has 1 saturated heterocycles. The minimum Gasteiger partial charge on any atom is -0.381 e. The van der Waals surface area contributed by atoms with Gasteiger partial charge in [0.2, 0.25) is 0 Å². The second-order valence-electron chi connectivity index (χ2n) is 5.74. The Balaban J connectivity index is 1.87. The monoisotopic (exact) mass is 402 g/mol. The average molecular weight is 404 g/mol. The van der Waals surface area contributed by atoms with Crippen LogP contribution in [0.3, 0.4) is 0 Å². The van der Waals surface area contributed by atoms with E-state index in [0.29, 0.717) is 6.04 Å². The summed E-state index contributed by atoms with van der Waals surface area (Å²) >= 11 is 7.13. The first-order chi connectivity index (χ1) is 9.60. The van der Waals surface area contributed by atoms with Crippen LogP contribution in [0.25, 0.3) is 0 Å². The molecule has 1 N–H and O–H groups in total. The molecular weight excluding hydrogens is 380 g/mol. The molecule has 0 saturated carbocycles. The third kappa shape index (κ3) is 4.47. The van der Waals surface area contributed by atoms with Crippen LogP contribution in [0.4, 0.5) is 5.69 Å². The minimum atomic E-state index is 0.524. The molecule has 0 bridgehead atoms. The number of anilines is 1. The Morgan fingerprint density at radius 2 is 2.00 bits per heavy atom. The van der Waals surface area contributed by atoms with Crippen LogP contribution in [-0.2, 0) is 0 Å². The van der Waals surface area contributed by atoms with Crippen LogP contribution in [0.5, 0.6) is 0 Å². The van der Waals surface area contributed by atoms with Crippen molar-refractivity contribution < 1.29 is 0 Å². The van der Waals surface area contributed by atoms with E-state index in [1.807, 2.05) is 0 Å². The summed E-state index contributed by atoms with van der Waals surface area (Å²) < 4.78 is 2.23. The summed E-state index contributed by atoms with van der Waals surface area (Å²) in [6, 6.07) is 6.84. The molecule has 1 fully saturated rings. The summed E-state index contributed by atoms with van der Waals surface area (Å²) in [7, 11) is 0. The molecule has 1 aromatic rings. The molecule has 2 rings (SSSR count). The zero-order chi connectivity index (χ0) is 14.5. The Bertz CT molecular complexity index is 428. The minimum absolute atomic E-state index is 0.524. The molecule has 0 amide bonds. The fraction of sp³-hybridized carbons (Fsp3) is 0.625. The highest BCUT2D eigenvalue weighted by Gasteiger charge is 2.23. The van der Waals surface area contributed by atoms with Crippen molar-refractivity contribution in [1.29, 1.82) is 0 Å². The van der Waals surface area contributed by atoms with E-state index in [1.54, 1.807) is 0 Å². The van der Waals surface area contributed by atoms with Crippen molar-refractivity contribution in [2.75, 3.05) is 25.0 Å². The molecule has 1 aliphatic rings. The van der Waals surface area contributed by atoms with Crippen LogP contribution in [0.2, 0.25) is 0 Å². The SMILES string of the molecule is CCCN1CCC(C(C)Nc2ccc(Br)cc2Br)CC1. The van der Waals surface area contributed by atoms with Crippen LogP contribution in [0.1, 0.15) is 33.1 Å². The average Bonchev–Trinajstić information content (AvgIpc) is 2.43. The number of hydrogen-bond acceptors (Lipinski definition) is 2. The van der Waals surface area contributed by atoms with Gasteiger partial charge in [0.05, 0.1) is 0 Å². The fourth-order valence-corrected chi connectivity index (χ4v) is 4.12. The van der Waals surface area contributed by atoms with Crippen LogP contribution in [0.15, 0.2) is 27.1 Å². The molecule has 0 aromatic heterocycles. The van der Waals surface area contributed by atoms with E-state index < -0.39 is 0 Å². The lowest BCUT2D eigenvalue weighted by Gasteiger charge is -2.35. The number of piperidine rings is 1. The summed E-state index contributed by atoms with van der Waals surface area (Å²) in [6.45, 7) is 8.35. The molecule has 4 heteroatoms. The summed E-state index contributed by atoms with van der Waals surface area (Å²) in [5.74, 6) is 0.777. The van der Waals surface area contributed by atoms with Crippen molar-refractivity contribution in [3.05, 3.63) is 27.1 Å². The van der Waals surface area contributed by atoms with Gasteiger partial charge < -0.3 is 10.2 Å². The molecule has 2 nitrogen and oxygen atoms in total. The van der Waals surface area contributed by atoms with E-state index in [2.05, 4.69) is 74.1 Å². The van der Waals surface area contributed by atoms with Crippen LogP contribution in [0, 0.1) is 5.92 Å². The van der Waals surface area contributed by atoms with E-state index in [-0.39, 0.29) is 0 Å². The molecule has 1 aliphatic heterocycles. The predicted molar refractivity (Wildman–Crippen MR) is 94.4 cm³/mol. The Labute approximate surface area is 139 Å². The van der Waals surface area contributed by atoms with Crippen LogP contribution in [-0.4, -0.2) is 30.6 Å². The predicted octanol–water partition coefficient (Wildman–Crippen LogP) is 5.13. The number of hydrogen-bond donors (Lipinski definition) is 1. The third-order valence-corrected chi connectivity index (χ3v) is 5.34. The van der Waals surface area contributed by atoms with Crippen molar-refractivity contribution in [3.63, 3.8) is 0 Å². The van der Waals surface area contributed by atoms with Crippen molar-refractivity contribution in [3.8, 4) is 0 Å². The molecule has 1 atom stereocenters. The van der Waals surface area contributed by atoms with E-state index in [1.165, 1.54) is 44.6 Å². The maximum atomic E-state index is 3.67. The standard InChI is InChI=1S/C16H24Br2N2/c1-3-8-20-9-6-13(7-10-20)12(2)19-16-5-4-14(17)11-15(16)18/h4-5,11-13,19H,3,6-10H2,1-2H3. The first-order valence-electron chi connectivity index (χ1n) is 7.54. The number of halogens is 2. The molecule has 0 radical (unpaired) electrons. The molecule has 0 spiro atoms. The summed E-state index contributed by atoms with van der Waals surface area (Å²) in [5.41, 5.74) is 1.19. The highest BCUT2D eigenvalue weighted by molar-refractivity contribution is 9.11.